The molecule has 14 heteroatoms. The van der Waals surface area contributed by atoms with Crippen LogP contribution in [-0.4, -0.2) is 75.0 Å². The number of piperidine rings is 2. The predicted octanol–water partition coefficient (Wildman–Crippen LogP) is 7.38. The van der Waals surface area contributed by atoms with Gasteiger partial charge in [-0.05, 0) is 109 Å². The fraction of sp³-hybridized carbons (Fsp3) is 0.409. The Morgan fingerprint density at radius 1 is 0.897 bits per heavy atom. The second-order valence-corrected chi connectivity index (χ2v) is 17.3. The van der Waals surface area contributed by atoms with Crippen molar-refractivity contribution in [2.75, 3.05) is 47.4 Å². The average molecular weight is 852 g/mol. The van der Waals surface area contributed by atoms with E-state index in [0.29, 0.717) is 60.2 Å². The molecule has 0 radical (unpaired) electrons. The third kappa shape index (κ3) is 6.58. The highest BCUT2D eigenvalue weighted by Gasteiger charge is 2.40. The summed E-state index contributed by atoms with van der Waals surface area (Å²) in [7, 11) is 0. The third-order valence-electron chi connectivity index (χ3n) is 12.6. The Balaban J connectivity index is 0.842. The molecule has 0 saturated carbocycles. The summed E-state index contributed by atoms with van der Waals surface area (Å²) in [5.74, 6) is -1.59. The van der Waals surface area contributed by atoms with Gasteiger partial charge in [0.25, 0.3) is 5.56 Å². The molecule has 9 rings (SSSR count). The molecule has 4 aliphatic heterocycles. The van der Waals surface area contributed by atoms with Gasteiger partial charge in [0.15, 0.2) is 11.6 Å². The maximum Gasteiger partial charge on any atom is 0.281 e. The lowest BCUT2D eigenvalue weighted by Gasteiger charge is -2.43. The Labute approximate surface area is 343 Å². The van der Waals surface area contributed by atoms with E-state index in [1.165, 1.54) is 12.1 Å². The van der Waals surface area contributed by atoms with Crippen LogP contribution in [0.2, 0.25) is 0 Å². The Morgan fingerprint density at radius 2 is 1.60 bits per heavy atom. The van der Waals surface area contributed by atoms with Crippen LogP contribution in [0, 0.1) is 11.6 Å². The van der Waals surface area contributed by atoms with Crippen molar-refractivity contribution in [2.45, 2.75) is 83.2 Å². The van der Waals surface area contributed by atoms with Gasteiger partial charge in [-0.3, -0.25) is 23.9 Å². The third-order valence-corrected chi connectivity index (χ3v) is 13.2. The lowest BCUT2D eigenvalue weighted by atomic mass is 9.85. The number of hydrogen-bond donors (Lipinski definition) is 0. The summed E-state index contributed by atoms with van der Waals surface area (Å²) in [6, 6.07) is 15.4. The van der Waals surface area contributed by atoms with Crippen LogP contribution < -0.4 is 20.3 Å². The number of aromatic nitrogens is 4. The van der Waals surface area contributed by atoms with Gasteiger partial charge >= 0.3 is 0 Å². The molecule has 1 atom stereocenters. The van der Waals surface area contributed by atoms with Crippen molar-refractivity contribution in [3.63, 3.8) is 0 Å². The number of carbonyl (C=O) groups excluding carboxylic acids is 2. The number of imide groups is 1. The second kappa shape index (κ2) is 14.9. The van der Waals surface area contributed by atoms with E-state index < -0.39 is 34.6 Å². The molecule has 3 fully saturated rings. The van der Waals surface area contributed by atoms with Gasteiger partial charge in [-0.15, -0.1) is 0 Å². The Bertz CT molecular complexity index is 2480. The Morgan fingerprint density at radius 3 is 2.29 bits per heavy atom. The first-order valence-electron chi connectivity index (χ1n) is 20.2. The molecule has 3 saturated heterocycles. The van der Waals surface area contributed by atoms with Crippen LogP contribution in [0.4, 0.5) is 26.1 Å². The molecule has 3 aromatic carbocycles. The first-order valence-corrected chi connectivity index (χ1v) is 21.0. The van der Waals surface area contributed by atoms with Crippen LogP contribution in [0.3, 0.4) is 0 Å². The van der Waals surface area contributed by atoms with E-state index in [4.69, 9.17) is 9.97 Å². The summed E-state index contributed by atoms with van der Waals surface area (Å²) in [6.07, 6.45) is 6.68. The lowest BCUT2D eigenvalue weighted by molar-refractivity contribution is -0.129. The number of hydrogen-bond acceptors (Lipinski definition) is 9. The smallest absolute Gasteiger partial charge is 0.281 e. The summed E-state index contributed by atoms with van der Waals surface area (Å²) in [5, 5.41) is 0.587. The molecule has 0 bridgehead atoms. The van der Waals surface area contributed by atoms with Gasteiger partial charge in [-0.25, -0.2) is 23.6 Å². The molecule has 5 aromatic rings. The number of amides is 2. The molecule has 6 heterocycles. The summed E-state index contributed by atoms with van der Waals surface area (Å²) < 4.78 is 33.4. The molecule has 58 heavy (non-hydrogen) atoms. The molecule has 0 N–H and O–H groups in total. The maximum absolute atomic E-state index is 15.2. The van der Waals surface area contributed by atoms with Crippen LogP contribution in [0.25, 0.3) is 16.6 Å². The molecule has 0 spiro atoms. The maximum atomic E-state index is 15.2. The molecule has 0 aliphatic carbocycles. The van der Waals surface area contributed by atoms with Crippen molar-refractivity contribution in [1.82, 2.24) is 24.4 Å². The number of carbonyl (C=O) groups is 2. The predicted molar refractivity (Wildman–Crippen MR) is 223 cm³/mol. The van der Waals surface area contributed by atoms with E-state index in [2.05, 4.69) is 79.2 Å². The van der Waals surface area contributed by atoms with Crippen LogP contribution in [0.5, 0.6) is 0 Å². The van der Waals surface area contributed by atoms with Crippen LogP contribution in [0.1, 0.15) is 87.7 Å². The van der Waals surface area contributed by atoms with Crippen molar-refractivity contribution < 1.29 is 18.4 Å². The van der Waals surface area contributed by atoms with E-state index in [-0.39, 0.29) is 24.3 Å². The standard InChI is InChI=1S/C44H45BrF2N8O3/c1-4-29-25-51(17-18-53(29)30-11-12-31-36(21-30)54-35-8-5-7-32(45)39(35)41(58)50-42(54)44(31,2)3)24-26-22-48-43(49-23-26)52-15-13-27(14-16-52)28-19-33(46)40(34(47)20-28)55-37(56)9-6-10-38(55)57/h5,7-8,11-12,19-23,27,29H,4,6,9-10,13-18,24-25H2,1-3H3/t29-/m1/s1. The zero-order chi connectivity index (χ0) is 40.5. The number of benzene rings is 3. The van der Waals surface area contributed by atoms with Gasteiger partial charge in [-0.1, -0.05) is 19.1 Å². The summed E-state index contributed by atoms with van der Waals surface area (Å²) in [5.41, 5.74) is 4.59. The zero-order valence-electron chi connectivity index (χ0n) is 32.8. The summed E-state index contributed by atoms with van der Waals surface area (Å²) in [6.45, 7) is 11.1. The SMILES string of the molecule is CC[C@@H]1CN(Cc2cnc(N3CCC(c4cc(F)c(N5C(=O)CCCC5=O)c(F)c4)CC3)nc2)CCN1c1ccc2c(c1)-n1c(nc(=O)c3c(Br)cccc31)C2(C)C. The minimum atomic E-state index is -0.884. The van der Waals surface area contributed by atoms with Gasteiger partial charge < -0.3 is 9.80 Å². The fourth-order valence-electron chi connectivity index (χ4n) is 9.48. The van der Waals surface area contributed by atoms with E-state index in [9.17, 15) is 14.4 Å². The van der Waals surface area contributed by atoms with E-state index >= 15 is 8.78 Å². The van der Waals surface area contributed by atoms with Crippen LogP contribution >= 0.6 is 15.9 Å². The first kappa shape index (κ1) is 38.4. The highest BCUT2D eigenvalue weighted by molar-refractivity contribution is 9.10. The first-order chi connectivity index (χ1) is 27.9. The number of rotatable bonds is 7. The van der Waals surface area contributed by atoms with Crippen LogP contribution in [-0.2, 0) is 21.5 Å². The van der Waals surface area contributed by atoms with Gasteiger partial charge in [0.2, 0.25) is 17.8 Å². The average Bonchev–Trinajstić information content (AvgIpc) is 3.44. The number of halogens is 3. The molecular weight excluding hydrogens is 806 g/mol. The number of nitrogens with zero attached hydrogens (tertiary/aromatic N) is 8. The van der Waals surface area contributed by atoms with E-state index in [1.807, 2.05) is 30.6 Å². The van der Waals surface area contributed by atoms with Crippen molar-refractivity contribution in [3.05, 3.63) is 110 Å². The monoisotopic (exact) mass is 850 g/mol. The Kier molecular flexibility index (Phi) is 9.90. The molecule has 0 unspecified atom stereocenters. The number of piperazine rings is 1. The van der Waals surface area contributed by atoms with Crippen molar-refractivity contribution in [2.24, 2.45) is 0 Å². The summed E-state index contributed by atoms with van der Waals surface area (Å²) in [4.78, 5) is 59.6. The van der Waals surface area contributed by atoms with E-state index in [0.717, 1.165) is 70.9 Å². The highest BCUT2D eigenvalue weighted by atomic mass is 79.9. The highest BCUT2D eigenvalue weighted by Crippen LogP contribution is 2.45. The van der Waals surface area contributed by atoms with Gasteiger partial charge in [0.05, 0.1) is 22.0 Å². The molecule has 11 nitrogen and oxygen atoms in total. The number of fused-ring (bicyclic) bond motifs is 5. The Hall–Kier alpha value is -5.08. The molecule has 4 aliphatic rings. The molecular formula is C44H45BrF2N8O3. The van der Waals surface area contributed by atoms with Crippen molar-refractivity contribution >= 4 is 56.0 Å². The van der Waals surface area contributed by atoms with Gasteiger partial charge in [-0.2, -0.15) is 4.98 Å². The topological polar surface area (TPSA) is 108 Å². The molecule has 300 valence electrons. The fourth-order valence-corrected chi connectivity index (χ4v) is 10.0. The molecule has 2 aromatic heterocycles. The van der Waals surface area contributed by atoms with Crippen molar-refractivity contribution in [1.29, 1.82) is 0 Å². The van der Waals surface area contributed by atoms with Gasteiger partial charge in [0.1, 0.15) is 11.5 Å². The summed E-state index contributed by atoms with van der Waals surface area (Å²) >= 11 is 3.59. The van der Waals surface area contributed by atoms with E-state index in [1.54, 1.807) is 0 Å². The lowest BCUT2D eigenvalue weighted by Crippen LogP contribution is -2.52. The quantitative estimate of drug-likeness (QED) is 0.155. The van der Waals surface area contributed by atoms with Crippen LogP contribution in [0.15, 0.2) is 70.2 Å². The normalized spacial score (nSPS) is 19.9. The van der Waals surface area contributed by atoms with Gasteiger partial charge in [0, 0.05) is 86.3 Å². The second-order valence-electron chi connectivity index (χ2n) is 16.5. The van der Waals surface area contributed by atoms with Crippen molar-refractivity contribution in [3.8, 4) is 5.69 Å². The number of anilines is 3. The largest absolute Gasteiger partial charge is 0.366 e. The minimum absolute atomic E-state index is 0.0731. The minimum Gasteiger partial charge on any atom is -0.366 e. The molecule has 2 amide bonds. The zero-order valence-corrected chi connectivity index (χ0v) is 34.4.